The number of rotatable bonds is 9. The van der Waals surface area contributed by atoms with Crippen molar-refractivity contribution in [1.82, 2.24) is 14.9 Å². The highest BCUT2D eigenvalue weighted by atomic mass is 35.5. The molecular weight excluding hydrogens is 486 g/mol. The maximum Gasteiger partial charge on any atom is 0.229 e. The summed E-state index contributed by atoms with van der Waals surface area (Å²) in [6, 6.07) is 10.0. The van der Waals surface area contributed by atoms with Gasteiger partial charge in [0.25, 0.3) is 0 Å². The quantitative estimate of drug-likeness (QED) is 0.398. The topological polar surface area (TPSA) is 73.4 Å². The molecule has 0 saturated carbocycles. The molecule has 0 amide bonds. The molecule has 2 N–H and O–H groups in total. The van der Waals surface area contributed by atoms with Crippen molar-refractivity contribution >= 4 is 40.5 Å². The number of carbonyl (C=O) groups is 1. The highest BCUT2D eigenvalue weighted by Gasteiger charge is 2.22. The van der Waals surface area contributed by atoms with Crippen LogP contribution < -0.4 is 15.5 Å². The van der Waals surface area contributed by atoms with Crippen LogP contribution in [0.5, 0.6) is 0 Å². The predicted octanol–water partition coefficient (Wildman–Crippen LogP) is 4.81. The fraction of sp³-hybridized carbons (Fsp3) is 0.269. The molecule has 1 saturated heterocycles. The first-order chi connectivity index (χ1) is 17.3. The minimum atomic E-state index is -0.649. The van der Waals surface area contributed by atoms with E-state index in [-0.39, 0.29) is 29.5 Å². The maximum atomic E-state index is 14.8. The van der Waals surface area contributed by atoms with Crippen LogP contribution in [0.2, 0.25) is 5.02 Å². The van der Waals surface area contributed by atoms with Crippen molar-refractivity contribution in [3.8, 4) is 0 Å². The number of nitrogens with one attached hydrogen (secondary N) is 2. The van der Waals surface area contributed by atoms with Gasteiger partial charge in [0.05, 0.1) is 6.20 Å². The van der Waals surface area contributed by atoms with E-state index in [1.165, 1.54) is 24.4 Å². The SMILES string of the molecule is C=CC(=O)Cc1cccc(CNc2nc(Nc3cc(F)c(N4CCN(C)CC4)c(F)c3)ncc2Cl)c1. The molecule has 0 radical (unpaired) electrons. The van der Waals surface area contributed by atoms with Crippen LogP contribution in [-0.4, -0.2) is 53.9 Å². The molecule has 1 aromatic heterocycles. The summed E-state index contributed by atoms with van der Waals surface area (Å²) in [6.07, 6.45) is 2.99. The maximum absolute atomic E-state index is 14.8. The Kier molecular flexibility index (Phi) is 8.12. The molecule has 0 aliphatic carbocycles. The molecular formula is C26H27ClF2N6O. The lowest BCUT2D eigenvalue weighted by Gasteiger charge is -2.34. The molecule has 2 heterocycles. The number of benzene rings is 2. The molecule has 7 nitrogen and oxygen atoms in total. The Balaban J connectivity index is 1.45. The van der Waals surface area contributed by atoms with Crippen LogP contribution in [0.25, 0.3) is 0 Å². The van der Waals surface area contributed by atoms with Crippen LogP contribution in [0.3, 0.4) is 0 Å². The second kappa shape index (κ2) is 11.5. The van der Waals surface area contributed by atoms with Gasteiger partial charge in [0.2, 0.25) is 5.95 Å². The number of hydrogen-bond donors (Lipinski definition) is 2. The van der Waals surface area contributed by atoms with Gasteiger partial charge < -0.3 is 20.4 Å². The van der Waals surface area contributed by atoms with Crippen LogP contribution >= 0.6 is 11.6 Å². The van der Waals surface area contributed by atoms with E-state index in [0.717, 1.165) is 24.2 Å². The largest absolute Gasteiger partial charge is 0.365 e. The van der Waals surface area contributed by atoms with Gasteiger partial charge in [0, 0.05) is 44.8 Å². The lowest BCUT2D eigenvalue weighted by Crippen LogP contribution is -2.45. The van der Waals surface area contributed by atoms with E-state index in [1.807, 2.05) is 31.3 Å². The summed E-state index contributed by atoms with van der Waals surface area (Å²) in [6.45, 7) is 6.49. The molecule has 188 valence electrons. The number of likely N-dealkylation sites (N-methyl/N-ethyl adjacent to an activating group) is 1. The Labute approximate surface area is 213 Å². The third-order valence-corrected chi connectivity index (χ3v) is 6.17. The number of aromatic nitrogens is 2. The van der Waals surface area contributed by atoms with Crippen molar-refractivity contribution in [3.63, 3.8) is 0 Å². The first-order valence-corrected chi connectivity index (χ1v) is 11.9. The van der Waals surface area contributed by atoms with Crippen molar-refractivity contribution in [2.75, 3.05) is 48.8 Å². The third kappa shape index (κ3) is 6.35. The summed E-state index contributed by atoms with van der Waals surface area (Å²) >= 11 is 6.25. The smallest absolute Gasteiger partial charge is 0.229 e. The van der Waals surface area contributed by atoms with Gasteiger partial charge in [-0.3, -0.25) is 4.79 Å². The number of anilines is 4. The molecule has 0 atom stereocenters. The van der Waals surface area contributed by atoms with Gasteiger partial charge in [0.15, 0.2) is 23.2 Å². The molecule has 4 rings (SSSR count). The number of allylic oxidation sites excluding steroid dienone is 1. The average Bonchev–Trinajstić information content (AvgIpc) is 2.85. The number of carbonyl (C=O) groups excluding carboxylic acids is 1. The highest BCUT2D eigenvalue weighted by molar-refractivity contribution is 6.32. The van der Waals surface area contributed by atoms with E-state index in [4.69, 9.17) is 11.6 Å². The Morgan fingerprint density at radius 3 is 2.53 bits per heavy atom. The monoisotopic (exact) mass is 512 g/mol. The van der Waals surface area contributed by atoms with Crippen LogP contribution in [-0.2, 0) is 17.8 Å². The number of hydrogen-bond acceptors (Lipinski definition) is 7. The van der Waals surface area contributed by atoms with Gasteiger partial charge in [0.1, 0.15) is 10.7 Å². The molecule has 1 fully saturated rings. The molecule has 0 spiro atoms. The fourth-order valence-corrected chi connectivity index (χ4v) is 4.12. The van der Waals surface area contributed by atoms with Gasteiger partial charge >= 0.3 is 0 Å². The van der Waals surface area contributed by atoms with E-state index in [1.54, 1.807) is 4.90 Å². The zero-order valence-corrected chi connectivity index (χ0v) is 20.7. The minimum absolute atomic E-state index is 0.0231. The van der Waals surface area contributed by atoms with Gasteiger partial charge in [-0.1, -0.05) is 42.4 Å². The number of ketones is 1. The normalized spacial score (nSPS) is 13.9. The van der Waals surface area contributed by atoms with Crippen molar-refractivity contribution in [3.05, 3.63) is 83.0 Å². The lowest BCUT2D eigenvalue weighted by molar-refractivity contribution is -0.114. The van der Waals surface area contributed by atoms with Crippen molar-refractivity contribution in [2.24, 2.45) is 0 Å². The van der Waals surface area contributed by atoms with E-state index >= 15 is 0 Å². The average molecular weight is 513 g/mol. The number of nitrogens with zero attached hydrogens (tertiary/aromatic N) is 4. The standard InChI is InChI=1S/C26H27ClF2N6O/c1-3-20(36)12-17-5-4-6-18(11-17)15-30-25-21(27)16-31-26(33-25)32-19-13-22(28)24(23(29)14-19)35-9-7-34(2)8-10-35/h3-6,11,13-14,16H,1,7-10,12,15H2,2H3,(H2,30,31,32,33). The highest BCUT2D eigenvalue weighted by Crippen LogP contribution is 2.29. The molecule has 3 aromatic rings. The van der Waals surface area contributed by atoms with E-state index < -0.39 is 11.6 Å². The summed E-state index contributed by atoms with van der Waals surface area (Å²) in [5, 5.41) is 6.29. The Morgan fingerprint density at radius 1 is 1.14 bits per heavy atom. The van der Waals surface area contributed by atoms with Gasteiger partial charge in [-0.15, -0.1) is 0 Å². The van der Waals surface area contributed by atoms with Gasteiger partial charge in [-0.25, -0.2) is 13.8 Å². The molecule has 1 aliphatic heterocycles. The van der Waals surface area contributed by atoms with Crippen LogP contribution in [0, 0.1) is 11.6 Å². The second-order valence-corrected chi connectivity index (χ2v) is 9.02. The summed E-state index contributed by atoms with van der Waals surface area (Å²) in [5.41, 5.74) is 1.97. The number of halogens is 3. The predicted molar refractivity (Wildman–Crippen MR) is 139 cm³/mol. The molecule has 1 aliphatic rings. The van der Waals surface area contributed by atoms with Crippen LogP contribution in [0.15, 0.2) is 55.3 Å². The van der Waals surface area contributed by atoms with Crippen molar-refractivity contribution in [2.45, 2.75) is 13.0 Å². The van der Waals surface area contributed by atoms with Crippen molar-refractivity contribution in [1.29, 1.82) is 0 Å². The Morgan fingerprint density at radius 2 is 1.83 bits per heavy atom. The molecule has 0 unspecified atom stereocenters. The zero-order valence-electron chi connectivity index (χ0n) is 19.9. The van der Waals surface area contributed by atoms with Gasteiger partial charge in [-0.05, 0) is 36.4 Å². The third-order valence-electron chi connectivity index (χ3n) is 5.89. The van der Waals surface area contributed by atoms with Gasteiger partial charge in [-0.2, -0.15) is 4.98 Å². The molecule has 36 heavy (non-hydrogen) atoms. The first-order valence-electron chi connectivity index (χ1n) is 11.5. The fourth-order valence-electron chi connectivity index (χ4n) is 3.96. The Hall–Kier alpha value is -3.56. The molecule has 0 bridgehead atoms. The minimum Gasteiger partial charge on any atom is -0.365 e. The summed E-state index contributed by atoms with van der Waals surface area (Å²) in [7, 11) is 1.98. The summed E-state index contributed by atoms with van der Waals surface area (Å²) in [4.78, 5) is 23.9. The van der Waals surface area contributed by atoms with E-state index in [2.05, 4.69) is 32.1 Å². The van der Waals surface area contributed by atoms with Crippen LogP contribution in [0.1, 0.15) is 11.1 Å². The Bertz CT molecular complexity index is 1240. The summed E-state index contributed by atoms with van der Waals surface area (Å²) in [5.74, 6) is -0.859. The number of piperazine rings is 1. The summed E-state index contributed by atoms with van der Waals surface area (Å²) < 4.78 is 29.7. The second-order valence-electron chi connectivity index (χ2n) is 8.61. The van der Waals surface area contributed by atoms with E-state index in [0.29, 0.717) is 30.5 Å². The van der Waals surface area contributed by atoms with Crippen molar-refractivity contribution < 1.29 is 13.6 Å². The lowest BCUT2D eigenvalue weighted by atomic mass is 10.1. The zero-order chi connectivity index (χ0) is 25.7. The first kappa shape index (κ1) is 25.5. The molecule has 2 aromatic carbocycles. The van der Waals surface area contributed by atoms with E-state index in [9.17, 15) is 13.6 Å². The van der Waals surface area contributed by atoms with Crippen LogP contribution in [0.4, 0.5) is 31.9 Å². The molecule has 10 heteroatoms.